The lowest BCUT2D eigenvalue weighted by molar-refractivity contribution is -0.125. The van der Waals surface area contributed by atoms with Crippen LogP contribution in [-0.2, 0) is 9.31 Å². The molecule has 1 aliphatic heterocycles. The van der Waals surface area contributed by atoms with Crippen molar-refractivity contribution in [3.05, 3.63) is 42.0 Å². The van der Waals surface area contributed by atoms with E-state index in [0.29, 0.717) is 18.8 Å². The molecule has 0 unspecified atom stereocenters. The summed E-state index contributed by atoms with van der Waals surface area (Å²) in [7, 11) is 0.949. The summed E-state index contributed by atoms with van der Waals surface area (Å²) in [6, 6.07) is 9.12. The Bertz CT molecular complexity index is 458. The molecule has 0 N–H and O–H groups in total. The van der Waals surface area contributed by atoms with Crippen LogP contribution in [-0.4, -0.2) is 33.6 Å². The molecule has 0 radical (unpaired) electrons. The third-order valence-electron chi connectivity index (χ3n) is 2.94. The lowest BCUT2D eigenvalue weighted by Gasteiger charge is -2.24. The van der Waals surface area contributed by atoms with Gasteiger partial charge >= 0.3 is 13.3 Å². The first-order valence-corrected chi connectivity index (χ1v) is 6.26. The smallest absolute Gasteiger partial charge is 0.404 e. The normalized spacial score (nSPS) is 16.6. The van der Waals surface area contributed by atoms with Gasteiger partial charge in [0, 0.05) is 18.3 Å². The Morgan fingerprint density at radius 1 is 1.25 bits per heavy atom. The van der Waals surface area contributed by atoms with Gasteiger partial charge in [-0.15, -0.1) is 0 Å². The van der Waals surface area contributed by atoms with Gasteiger partial charge in [-0.05, 0) is 12.1 Å². The van der Waals surface area contributed by atoms with Gasteiger partial charge in [-0.2, -0.15) is 13.2 Å². The first-order valence-electron chi connectivity index (χ1n) is 6.26. The van der Waals surface area contributed by atoms with Crippen molar-refractivity contribution in [2.45, 2.75) is 12.6 Å². The summed E-state index contributed by atoms with van der Waals surface area (Å²) in [5.41, 5.74) is 1.14. The molecule has 1 saturated heterocycles. The fraction of sp³-hybridized carbons (Fsp3) is 0.385. The molecule has 0 aliphatic carbocycles. The number of nitrogens with zero attached hydrogens (tertiary/aromatic N) is 1. The quantitative estimate of drug-likeness (QED) is 0.794. The highest BCUT2D eigenvalue weighted by molar-refractivity contribution is 6.55. The van der Waals surface area contributed by atoms with Crippen LogP contribution in [0.15, 0.2) is 42.0 Å². The second-order valence-corrected chi connectivity index (χ2v) is 4.42. The molecule has 1 aromatic carbocycles. The highest BCUT2D eigenvalue weighted by atomic mass is 19.4. The number of benzene rings is 1. The minimum Gasteiger partial charge on any atom is -0.404 e. The summed E-state index contributed by atoms with van der Waals surface area (Å²) in [6.07, 6.45) is -4.15. The van der Waals surface area contributed by atoms with Crippen LogP contribution in [0.25, 0.3) is 0 Å². The predicted molar refractivity (Wildman–Crippen MR) is 71.3 cm³/mol. The molecule has 0 bridgehead atoms. The van der Waals surface area contributed by atoms with Crippen LogP contribution in [0.2, 0.25) is 0 Å². The lowest BCUT2D eigenvalue weighted by atomic mass is 9.82. The molecule has 0 saturated carbocycles. The van der Waals surface area contributed by atoms with E-state index in [9.17, 15) is 13.2 Å². The van der Waals surface area contributed by atoms with E-state index in [2.05, 4.69) is 0 Å². The molecule has 0 aromatic heterocycles. The number of para-hydroxylation sites is 1. The molecule has 1 heterocycles. The molecule has 0 amide bonds. The Morgan fingerprint density at radius 3 is 2.40 bits per heavy atom. The number of hydrogen-bond acceptors (Lipinski definition) is 3. The van der Waals surface area contributed by atoms with Crippen LogP contribution in [0.1, 0.15) is 6.42 Å². The van der Waals surface area contributed by atoms with Crippen LogP contribution >= 0.6 is 0 Å². The lowest BCUT2D eigenvalue weighted by Crippen LogP contribution is -2.31. The Balaban J connectivity index is 2.21. The number of alkyl halides is 3. The number of hydrogen-bond donors (Lipinski definition) is 0. The van der Waals surface area contributed by atoms with Gasteiger partial charge in [0.05, 0.1) is 19.6 Å². The van der Waals surface area contributed by atoms with Crippen LogP contribution < -0.4 is 4.90 Å². The molecule has 1 aliphatic rings. The van der Waals surface area contributed by atoms with Gasteiger partial charge in [0.2, 0.25) is 0 Å². The van der Waals surface area contributed by atoms with Crippen molar-refractivity contribution in [1.29, 1.82) is 0 Å². The number of halogens is 3. The highest BCUT2D eigenvalue weighted by Crippen LogP contribution is 2.25. The van der Waals surface area contributed by atoms with Gasteiger partial charge in [0.1, 0.15) is 0 Å². The monoisotopic (exact) mass is 285 g/mol. The number of rotatable bonds is 4. The zero-order chi connectivity index (χ0) is 14.6. The van der Waals surface area contributed by atoms with Crippen LogP contribution in [0.5, 0.6) is 0 Å². The Labute approximate surface area is 116 Å². The van der Waals surface area contributed by atoms with Gasteiger partial charge in [-0.25, -0.2) is 0 Å². The third-order valence-corrected chi connectivity index (χ3v) is 2.94. The molecule has 1 aromatic rings. The van der Waals surface area contributed by atoms with Gasteiger partial charge in [0.25, 0.3) is 0 Å². The number of allylic oxidation sites excluding steroid dienone is 1. The summed E-state index contributed by atoms with van der Waals surface area (Å²) in [5.74, 6) is 0. The van der Waals surface area contributed by atoms with E-state index < -0.39 is 19.7 Å². The van der Waals surface area contributed by atoms with Gasteiger partial charge in [-0.1, -0.05) is 24.3 Å². The molecule has 1 fully saturated rings. The largest absolute Gasteiger partial charge is 0.511 e. The first kappa shape index (κ1) is 14.9. The zero-order valence-electron chi connectivity index (χ0n) is 11.1. The molecule has 2 rings (SSSR count). The molecular weight excluding hydrogens is 270 g/mol. The number of anilines is 1. The highest BCUT2D eigenvalue weighted by Gasteiger charge is 2.34. The van der Waals surface area contributed by atoms with Crippen molar-refractivity contribution in [3.8, 4) is 0 Å². The summed E-state index contributed by atoms with van der Waals surface area (Å²) < 4.78 is 47.9. The van der Waals surface area contributed by atoms with Crippen LogP contribution in [0, 0.1) is 0 Å². The second-order valence-electron chi connectivity index (χ2n) is 4.42. The molecule has 7 heteroatoms. The standard InChI is InChI=1S/C13H15BF3NO2/c1-18(11-5-3-2-4-6-11)12(7-8-13(15,16)17)14-19-9-10-20-14/h2-7H,8-10H2,1H3/b12-7-. The fourth-order valence-corrected chi connectivity index (χ4v) is 1.94. The topological polar surface area (TPSA) is 21.7 Å². The molecule has 108 valence electrons. The van der Waals surface area contributed by atoms with E-state index in [0.717, 1.165) is 11.8 Å². The van der Waals surface area contributed by atoms with E-state index in [1.165, 1.54) is 0 Å². The average molecular weight is 285 g/mol. The molecular formula is C13H15BF3NO2. The van der Waals surface area contributed by atoms with E-state index in [1.807, 2.05) is 30.3 Å². The van der Waals surface area contributed by atoms with Crippen molar-refractivity contribution in [2.75, 3.05) is 25.2 Å². The minimum atomic E-state index is -4.25. The summed E-state index contributed by atoms with van der Waals surface area (Å²) in [5, 5.41) is 0. The van der Waals surface area contributed by atoms with E-state index in [-0.39, 0.29) is 0 Å². The maximum Gasteiger partial charge on any atom is 0.511 e. The van der Waals surface area contributed by atoms with Crippen molar-refractivity contribution < 1.29 is 22.5 Å². The maximum absolute atomic E-state index is 12.4. The van der Waals surface area contributed by atoms with E-state index in [1.54, 1.807) is 11.9 Å². The zero-order valence-corrected chi connectivity index (χ0v) is 11.1. The first-order chi connectivity index (χ1) is 9.47. The fourth-order valence-electron chi connectivity index (χ4n) is 1.94. The Morgan fingerprint density at radius 2 is 1.85 bits per heavy atom. The predicted octanol–water partition coefficient (Wildman–Crippen LogP) is 3.03. The molecule has 0 spiro atoms. The van der Waals surface area contributed by atoms with E-state index >= 15 is 0 Å². The molecule has 20 heavy (non-hydrogen) atoms. The minimum absolute atomic E-state index is 0.367. The summed E-state index contributed by atoms with van der Waals surface area (Å²) in [6.45, 7) is 0.771. The van der Waals surface area contributed by atoms with Crippen LogP contribution in [0.3, 0.4) is 0 Å². The Kier molecular flexibility index (Phi) is 4.72. The van der Waals surface area contributed by atoms with Crippen molar-refractivity contribution in [3.63, 3.8) is 0 Å². The Hall–Kier alpha value is -1.47. The van der Waals surface area contributed by atoms with Gasteiger partial charge in [-0.3, -0.25) is 0 Å². The SMILES string of the molecule is CN(/C(=C\CC(F)(F)F)B1OCCO1)c1ccccc1. The summed E-state index contributed by atoms with van der Waals surface area (Å²) in [4.78, 5) is 1.65. The summed E-state index contributed by atoms with van der Waals surface area (Å²) >= 11 is 0. The molecule has 0 atom stereocenters. The second kappa shape index (κ2) is 6.32. The van der Waals surface area contributed by atoms with Crippen LogP contribution in [0.4, 0.5) is 18.9 Å². The molecule has 3 nitrogen and oxygen atoms in total. The van der Waals surface area contributed by atoms with E-state index in [4.69, 9.17) is 9.31 Å². The van der Waals surface area contributed by atoms with Crippen molar-refractivity contribution >= 4 is 12.8 Å². The van der Waals surface area contributed by atoms with Gasteiger partial charge < -0.3 is 14.2 Å². The maximum atomic E-state index is 12.4. The van der Waals surface area contributed by atoms with Crippen molar-refractivity contribution in [2.24, 2.45) is 0 Å². The average Bonchev–Trinajstić information content (AvgIpc) is 2.92. The third kappa shape index (κ3) is 4.01. The van der Waals surface area contributed by atoms with Crippen molar-refractivity contribution in [1.82, 2.24) is 0 Å². The van der Waals surface area contributed by atoms with Gasteiger partial charge in [0.15, 0.2) is 0 Å².